The van der Waals surface area contributed by atoms with Crippen LogP contribution in [0.15, 0.2) is 22.0 Å². The maximum absolute atomic E-state index is 11.9. The van der Waals surface area contributed by atoms with Crippen molar-refractivity contribution in [2.75, 3.05) is 20.2 Å². The highest BCUT2D eigenvalue weighted by atomic mass is 16.5. The SMILES string of the molecule is COC(=O)C1=CNC(C)=C(c2nc(CN3CCCCC3)no2)[C@@H]1C. The Kier molecular flexibility index (Phi) is 4.99. The zero-order chi connectivity index (χ0) is 17.1. The number of allylic oxidation sites excluding steroid dienone is 2. The smallest absolute Gasteiger partial charge is 0.335 e. The number of carbonyl (C=O) groups is 1. The number of aromatic nitrogens is 2. The lowest BCUT2D eigenvalue weighted by molar-refractivity contribution is -0.136. The standard InChI is InChI=1S/C17H24N4O3/c1-11-13(17(22)23-3)9-18-12(2)15(11)16-19-14(20-24-16)10-21-7-5-4-6-8-21/h9,11,18H,4-8,10H2,1-3H3/t11-/m1/s1. The number of hydrogen-bond donors (Lipinski definition) is 1. The third-order valence-electron chi connectivity index (χ3n) is 4.68. The molecular formula is C17H24N4O3. The van der Waals surface area contributed by atoms with E-state index in [-0.39, 0.29) is 11.9 Å². The van der Waals surface area contributed by atoms with Crippen molar-refractivity contribution in [1.29, 1.82) is 0 Å². The van der Waals surface area contributed by atoms with Crippen LogP contribution in [0.4, 0.5) is 0 Å². The topological polar surface area (TPSA) is 80.5 Å². The van der Waals surface area contributed by atoms with Crippen molar-refractivity contribution in [2.24, 2.45) is 5.92 Å². The minimum atomic E-state index is -0.354. The summed E-state index contributed by atoms with van der Waals surface area (Å²) in [4.78, 5) is 18.8. The number of esters is 1. The maximum atomic E-state index is 11.9. The molecule has 130 valence electrons. The summed E-state index contributed by atoms with van der Waals surface area (Å²) in [6.45, 7) is 6.75. The van der Waals surface area contributed by atoms with Crippen LogP contribution >= 0.6 is 0 Å². The number of ether oxygens (including phenoxy) is 1. The molecule has 0 aromatic carbocycles. The maximum Gasteiger partial charge on any atom is 0.335 e. The molecule has 7 nitrogen and oxygen atoms in total. The lowest BCUT2D eigenvalue weighted by Crippen LogP contribution is -2.29. The fraction of sp³-hybridized carbons (Fsp3) is 0.588. The van der Waals surface area contributed by atoms with E-state index in [9.17, 15) is 4.79 Å². The fourth-order valence-electron chi connectivity index (χ4n) is 3.31. The Morgan fingerprint density at radius 1 is 1.42 bits per heavy atom. The van der Waals surface area contributed by atoms with Crippen LogP contribution in [0, 0.1) is 5.92 Å². The molecule has 0 saturated carbocycles. The highest BCUT2D eigenvalue weighted by Gasteiger charge is 2.30. The van der Waals surface area contributed by atoms with Gasteiger partial charge in [-0.05, 0) is 32.9 Å². The molecule has 24 heavy (non-hydrogen) atoms. The predicted octanol–water partition coefficient (Wildman–Crippen LogP) is 2.08. The van der Waals surface area contributed by atoms with Gasteiger partial charge in [0.05, 0.1) is 19.2 Å². The van der Waals surface area contributed by atoms with Gasteiger partial charge in [-0.25, -0.2) is 4.79 Å². The third-order valence-corrected chi connectivity index (χ3v) is 4.68. The van der Waals surface area contributed by atoms with Crippen LogP contribution in [-0.2, 0) is 16.1 Å². The van der Waals surface area contributed by atoms with Gasteiger partial charge >= 0.3 is 5.97 Å². The summed E-state index contributed by atoms with van der Waals surface area (Å²) in [6, 6.07) is 0. The summed E-state index contributed by atoms with van der Waals surface area (Å²) in [5, 5.41) is 7.21. The molecule has 0 radical (unpaired) electrons. The second kappa shape index (κ2) is 7.17. The molecular weight excluding hydrogens is 308 g/mol. The predicted molar refractivity (Wildman–Crippen MR) is 88.4 cm³/mol. The van der Waals surface area contributed by atoms with E-state index in [4.69, 9.17) is 9.26 Å². The molecule has 2 aliphatic rings. The Bertz CT molecular complexity index is 671. The van der Waals surface area contributed by atoms with Crippen molar-refractivity contribution in [1.82, 2.24) is 20.4 Å². The van der Waals surface area contributed by atoms with Crippen LogP contribution in [0.3, 0.4) is 0 Å². The Labute approximate surface area is 141 Å². The van der Waals surface area contributed by atoms with Crippen LogP contribution in [0.5, 0.6) is 0 Å². The zero-order valence-corrected chi connectivity index (χ0v) is 14.5. The molecule has 0 spiro atoms. The normalized spacial score (nSPS) is 22.1. The van der Waals surface area contributed by atoms with Gasteiger partial charge in [0.2, 0.25) is 0 Å². The second-order valence-corrected chi connectivity index (χ2v) is 6.35. The van der Waals surface area contributed by atoms with Crippen molar-refractivity contribution >= 4 is 11.5 Å². The number of dihydropyridines is 1. The third kappa shape index (κ3) is 3.36. The lowest BCUT2D eigenvalue weighted by atomic mass is 9.89. The lowest BCUT2D eigenvalue weighted by Gasteiger charge is -2.24. The molecule has 7 heteroatoms. The van der Waals surface area contributed by atoms with Gasteiger partial charge in [0.25, 0.3) is 5.89 Å². The van der Waals surface area contributed by atoms with E-state index in [1.165, 1.54) is 26.4 Å². The largest absolute Gasteiger partial charge is 0.466 e. The van der Waals surface area contributed by atoms with E-state index >= 15 is 0 Å². The number of likely N-dealkylation sites (tertiary alicyclic amines) is 1. The molecule has 3 heterocycles. The first-order valence-corrected chi connectivity index (χ1v) is 8.41. The molecule has 0 unspecified atom stereocenters. The number of rotatable bonds is 4. The zero-order valence-electron chi connectivity index (χ0n) is 14.5. The second-order valence-electron chi connectivity index (χ2n) is 6.35. The van der Waals surface area contributed by atoms with Crippen molar-refractivity contribution in [2.45, 2.75) is 39.7 Å². The molecule has 3 rings (SSSR count). The molecule has 1 saturated heterocycles. The van der Waals surface area contributed by atoms with Crippen molar-refractivity contribution in [3.63, 3.8) is 0 Å². The van der Waals surface area contributed by atoms with Gasteiger partial charge in [-0.1, -0.05) is 18.5 Å². The monoisotopic (exact) mass is 332 g/mol. The molecule has 1 aromatic heterocycles. The Hall–Kier alpha value is -2.15. The van der Waals surface area contributed by atoms with Gasteiger partial charge in [0.1, 0.15) is 0 Å². The highest BCUT2D eigenvalue weighted by molar-refractivity contribution is 5.93. The Morgan fingerprint density at radius 3 is 2.88 bits per heavy atom. The average molecular weight is 332 g/mol. The van der Waals surface area contributed by atoms with Crippen LogP contribution in [0.2, 0.25) is 0 Å². The quantitative estimate of drug-likeness (QED) is 0.846. The number of hydrogen-bond acceptors (Lipinski definition) is 7. The van der Waals surface area contributed by atoms with Crippen molar-refractivity contribution < 1.29 is 14.1 Å². The molecule has 1 N–H and O–H groups in total. The number of nitrogens with one attached hydrogen (secondary N) is 1. The van der Waals surface area contributed by atoms with Gasteiger partial charge in [0, 0.05) is 23.4 Å². The minimum Gasteiger partial charge on any atom is -0.466 e. The minimum absolute atomic E-state index is 0.165. The fourth-order valence-corrected chi connectivity index (χ4v) is 3.31. The van der Waals surface area contributed by atoms with Gasteiger partial charge < -0.3 is 14.6 Å². The summed E-state index contributed by atoms with van der Waals surface area (Å²) < 4.78 is 10.3. The summed E-state index contributed by atoms with van der Waals surface area (Å²) in [6.07, 6.45) is 5.43. The van der Waals surface area contributed by atoms with Crippen LogP contribution in [-0.4, -0.2) is 41.2 Å². The van der Waals surface area contributed by atoms with Crippen LogP contribution < -0.4 is 5.32 Å². The first kappa shape index (κ1) is 16.7. The van der Waals surface area contributed by atoms with E-state index in [1.54, 1.807) is 6.20 Å². The average Bonchev–Trinajstić information content (AvgIpc) is 3.03. The van der Waals surface area contributed by atoms with Crippen molar-refractivity contribution in [3.05, 3.63) is 29.2 Å². The molecule has 1 fully saturated rings. The molecule has 0 bridgehead atoms. The van der Waals surface area contributed by atoms with Gasteiger partial charge in [-0.2, -0.15) is 4.98 Å². The Morgan fingerprint density at radius 2 is 2.17 bits per heavy atom. The van der Waals surface area contributed by atoms with Crippen LogP contribution in [0.25, 0.3) is 5.57 Å². The van der Waals surface area contributed by atoms with Gasteiger partial charge in [0.15, 0.2) is 5.82 Å². The van der Waals surface area contributed by atoms with E-state index in [0.29, 0.717) is 23.8 Å². The highest BCUT2D eigenvalue weighted by Crippen LogP contribution is 2.33. The number of carbonyl (C=O) groups excluding carboxylic acids is 1. The van der Waals surface area contributed by atoms with E-state index in [0.717, 1.165) is 24.4 Å². The Balaban J connectivity index is 1.77. The summed E-state index contributed by atoms with van der Waals surface area (Å²) in [5.74, 6) is 0.637. The molecule has 1 atom stereocenters. The van der Waals surface area contributed by atoms with E-state index < -0.39 is 0 Å². The summed E-state index contributed by atoms with van der Waals surface area (Å²) in [5.41, 5.74) is 2.30. The first-order chi connectivity index (χ1) is 11.6. The van der Waals surface area contributed by atoms with E-state index in [2.05, 4.69) is 20.4 Å². The number of piperidine rings is 1. The molecule has 0 aliphatic carbocycles. The molecule has 2 aliphatic heterocycles. The van der Waals surface area contributed by atoms with Crippen molar-refractivity contribution in [3.8, 4) is 0 Å². The van der Waals surface area contributed by atoms with Crippen LogP contribution in [0.1, 0.15) is 44.8 Å². The van der Waals surface area contributed by atoms with E-state index in [1.807, 2.05) is 13.8 Å². The first-order valence-electron chi connectivity index (χ1n) is 8.41. The van der Waals surface area contributed by atoms with Gasteiger partial charge in [-0.3, -0.25) is 4.90 Å². The summed E-state index contributed by atoms with van der Waals surface area (Å²) in [7, 11) is 1.38. The van der Waals surface area contributed by atoms with Gasteiger partial charge in [-0.15, -0.1) is 0 Å². The molecule has 1 aromatic rings. The molecule has 0 amide bonds. The number of nitrogens with zero attached hydrogens (tertiary/aromatic N) is 3. The summed E-state index contributed by atoms with van der Waals surface area (Å²) >= 11 is 0. The number of methoxy groups -OCH3 is 1.